The Bertz CT molecular complexity index is 922. The highest BCUT2D eigenvalue weighted by Crippen LogP contribution is 2.38. The average Bonchev–Trinajstić information content (AvgIpc) is 3.10. The number of hydrogen-bond donors (Lipinski definition) is 2. The van der Waals surface area contributed by atoms with E-state index in [9.17, 15) is 19.4 Å². The molecule has 53 heavy (non-hydrogen) atoms. The van der Waals surface area contributed by atoms with E-state index in [4.69, 9.17) is 9.05 Å². The fraction of sp³-hybridized carbons (Fsp3) is 0.886. The number of aliphatic hydroxyl groups excluding tert-OH is 1. The molecule has 2 N–H and O–H groups in total. The first-order valence-corrected chi connectivity index (χ1v) is 23.7. The van der Waals surface area contributed by atoms with Crippen LogP contribution in [0.25, 0.3) is 0 Å². The van der Waals surface area contributed by atoms with Crippen LogP contribution in [0.5, 0.6) is 0 Å². The van der Waals surface area contributed by atoms with E-state index in [-0.39, 0.29) is 19.1 Å². The van der Waals surface area contributed by atoms with Crippen LogP contribution in [-0.4, -0.2) is 68.5 Å². The standard InChI is InChI=1S/C44H87N2O6P/c1-6-8-10-12-14-16-18-20-21-22-23-24-25-26-28-30-32-34-36-38-44(48)45-42(41-52-53(49,50)51-40-39-46(3,4)5)43(47)37-35-33-31-29-27-19-17-15-13-11-9-7-2/h27,29,35,37,42-43,47H,6-26,28,30-34,36,38-41H2,1-5H3,(H-,45,48,49,50)/b29-27+,37-35+/t42-,43+/m0/s1. The number of phosphoric ester groups is 1. The predicted molar refractivity (Wildman–Crippen MR) is 224 cm³/mol. The quantitative estimate of drug-likeness (QED) is 0.0278. The Morgan fingerprint density at radius 3 is 1.53 bits per heavy atom. The lowest BCUT2D eigenvalue weighted by atomic mass is 10.0. The van der Waals surface area contributed by atoms with Crippen molar-refractivity contribution >= 4 is 13.7 Å². The number of carbonyl (C=O) groups is 1. The molecule has 0 rings (SSSR count). The summed E-state index contributed by atoms with van der Waals surface area (Å²) < 4.78 is 23.1. The molecule has 1 unspecified atom stereocenters. The van der Waals surface area contributed by atoms with Gasteiger partial charge in [0.2, 0.25) is 5.91 Å². The Morgan fingerprint density at radius 2 is 1.06 bits per heavy atom. The maximum absolute atomic E-state index is 12.8. The van der Waals surface area contributed by atoms with Gasteiger partial charge in [-0.25, -0.2) is 0 Å². The van der Waals surface area contributed by atoms with Crippen molar-refractivity contribution < 1.29 is 32.9 Å². The van der Waals surface area contributed by atoms with E-state index in [1.807, 2.05) is 27.2 Å². The van der Waals surface area contributed by atoms with Crippen molar-refractivity contribution in [2.45, 2.75) is 212 Å². The number of unbranched alkanes of at least 4 members (excludes halogenated alkanes) is 25. The van der Waals surface area contributed by atoms with Crippen molar-refractivity contribution in [1.82, 2.24) is 5.32 Å². The van der Waals surface area contributed by atoms with Crippen molar-refractivity contribution in [2.75, 3.05) is 40.9 Å². The van der Waals surface area contributed by atoms with Gasteiger partial charge in [-0.2, -0.15) is 0 Å². The zero-order valence-corrected chi connectivity index (χ0v) is 36.4. The zero-order valence-electron chi connectivity index (χ0n) is 35.5. The minimum atomic E-state index is -4.59. The highest BCUT2D eigenvalue weighted by atomic mass is 31.2. The number of likely N-dealkylation sites (N-methyl/N-ethyl adjacent to an activating group) is 1. The third-order valence-corrected chi connectivity index (χ3v) is 10.9. The third-order valence-electron chi connectivity index (χ3n) is 9.91. The Kier molecular flexibility index (Phi) is 35.9. The van der Waals surface area contributed by atoms with Gasteiger partial charge < -0.3 is 28.8 Å². The number of nitrogens with one attached hydrogen (secondary N) is 1. The minimum absolute atomic E-state index is 0.00443. The molecule has 0 aromatic heterocycles. The molecule has 0 saturated heterocycles. The number of hydrogen-bond acceptors (Lipinski definition) is 6. The fourth-order valence-corrected chi connectivity index (χ4v) is 7.07. The van der Waals surface area contributed by atoms with Crippen LogP contribution in [-0.2, 0) is 18.4 Å². The molecule has 0 radical (unpaired) electrons. The van der Waals surface area contributed by atoms with E-state index in [0.29, 0.717) is 17.4 Å². The Morgan fingerprint density at radius 1 is 0.642 bits per heavy atom. The smallest absolute Gasteiger partial charge is 0.268 e. The van der Waals surface area contributed by atoms with Crippen molar-refractivity contribution in [3.05, 3.63) is 24.3 Å². The number of rotatable bonds is 40. The molecule has 0 fully saturated rings. The van der Waals surface area contributed by atoms with E-state index in [1.54, 1.807) is 6.08 Å². The molecule has 0 saturated carbocycles. The summed E-state index contributed by atoms with van der Waals surface area (Å²) in [6.07, 6.45) is 42.3. The van der Waals surface area contributed by atoms with Gasteiger partial charge in [-0.3, -0.25) is 9.36 Å². The molecule has 0 aliphatic carbocycles. The monoisotopic (exact) mass is 771 g/mol. The third kappa shape index (κ3) is 39.0. The van der Waals surface area contributed by atoms with Gasteiger partial charge in [-0.05, 0) is 32.1 Å². The highest BCUT2D eigenvalue weighted by Gasteiger charge is 2.23. The second-order valence-corrected chi connectivity index (χ2v) is 17.8. The molecule has 1 amide bonds. The van der Waals surface area contributed by atoms with Crippen LogP contribution >= 0.6 is 7.82 Å². The van der Waals surface area contributed by atoms with Gasteiger partial charge in [0.1, 0.15) is 13.2 Å². The summed E-state index contributed by atoms with van der Waals surface area (Å²) >= 11 is 0. The van der Waals surface area contributed by atoms with Crippen molar-refractivity contribution in [3.8, 4) is 0 Å². The van der Waals surface area contributed by atoms with Crippen LogP contribution in [0.4, 0.5) is 0 Å². The van der Waals surface area contributed by atoms with Crippen molar-refractivity contribution in [3.63, 3.8) is 0 Å². The van der Waals surface area contributed by atoms with E-state index >= 15 is 0 Å². The molecule has 0 aromatic carbocycles. The minimum Gasteiger partial charge on any atom is -0.756 e. The summed E-state index contributed by atoms with van der Waals surface area (Å²) in [4.78, 5) is 25.2. The molecule has 314 valence electrons. The van der Waals surface area contributed by atoms with E-state index in [0.717, 1.165) is 38.5 Å². The Balaban J connectivity index is 4.37. The maximum Gasteiger partial charge on any atom is 0.268 e. The summed E-state index contributed by atoms with van der Waals surface area (Å²) in [5.41, 5.74) is 0. The molecule has 0 spiro atoms. The molecular weight excluding hydrogens is 683 g/mol. The first kappa shape index (κ1) is 52.0. The molecule has 0 bridgehead atoms. The average molecular weight is 771 g/mol. The number of allylic oxidation sites excluding steroid dienone is 3. The van der Waals surface area contributed by atoms with Crippen LogP contribution in [0, 0.1) is 0 Å². The van der Waals surface area contributed by atoms with Crippen LogP contribution < -0.4 is 10.2 Å². The number of nitrogens with zero attached hydrogens (tertiary/aromatic N) is 1. The summed E-state index contributed by atoms with van der Waals surface area (Å²) in [6.45, 7) is 4.61. The second kappa shape index (κ2) is 36.6. The first-order chi connectivity index (χ1) is 25.5. The summed E-state index contributed by atoms with van der Waals surface area (Å²) in [5, 5.41) is 13.7. The molecule has 8 nitrogen and oxygen atoms in total. The molecule has 0 heterocycles. The molecule has 0 aromatic rings. The number of quaternary nitrogens is 1. The van der Waals surface area contributed by atoms with Crippen LogP contribution in [0.2, 0.25) is 0 Å². The lowest BCUT2D eigenvalue weighted by Gasteiger charge is -2.29. The molecule has 0 aliphatic rings. The van der Waals surface area contributed by atoms with Gasteiger partial charge in [0.05, 0.1) is 39.9 Å². The van der Waals surface area contributed by atoms with Crippen molar-refractivity contribution in [2.24, 2.45) is 0 Å². The predicted octanol–water partition coefficient (Wildman–Crippen LogP) is 11.5. The summed E-state index contributed by atoms with van der Waals surface area (Å²) in [6, 6.07) is -0.897. The van der Waals surface area contributed by atoms with Crippen molar-refractivity contribution in [1.29, 1.82) is 0 Å². The number of carbonyl (C=O) groups excluding carboxylic acids is 1. The maximum atomic E-state index is 12.8. The van der Waals surface area contributed by atoms with Gasteiger partial charge >= 0.3 is 0 Å². The SMILES string of the molecule is CCCCCCCC/C=C/CC/C=C/[C@@H](O)[C@H](COP(=O)([O-])OCC[N+](C)(C)C)NC(=O)CCCCCCCCCCCCCCCCCCCCC. The lowest BCUT2D eigenvalue weighted by Crippen LogP contribution is -2.45. The van der Waals surface area contributed by atoms with Crippen LogP contribution in [0.3, 0.4) is 0 Å². The van der Waals surface area contributed by atoms with Gasteiger partial charge in [0.15, 0.2) is 0 Å². The van der Waals surface area contributed by atoms with Crippen LogP contribution in [0.15, 0.2) is 24.3 Å². The Hall–Kier alpha value is -1.02. The van der Waals surface area contributed by atoms with Gasteiger partial charge in [-0.1, -0.05) is 186 Å². The summed E-state index contributed by atoms with van der Waals surface area (Å²) in [7, 11) is 1.25. The number of aliphatic hydroxyl groups is 1. The lowest BCUT2D eigenvalue weighted by molar-refractivity contribution is -0.870. The van der Waals surface area contributed by atoms with Crippen LogP contribution in [0.1, 0.15) is 200 Å². The van der Waals surface area contributed by atoms with E-state index in [2.05, 4.69) is 31.3 Å². The normalized spacial score (nSPS) is 14.6. The number of phosphoric acid groups is 1. The number of amides is 1. The molecule has 9 heteroatoms. The van der Waals surface area contributed by atoms with Gasteiger partial charge in [0, 0.05) is 6.42 Å². The molecule has 3 atom stereocenters. The molecular formula is C44H87N2O6P. The Labute approximate surface area is 328 Å². The first-order valence-electron chi connectivity index (χ1n) is 22.2. The highest BCUT2D eigenvalue weighted by molar-refractivity contribution is 7.45. The van der Waals surface area contributed by atoms with Gasteiger partial charge in [-0.15, -0.1) is 0 Å². The fourth-order valence-electron chi connectivity index (χ4n) is 6.34. The van der Waals surface area contributed by atoms with E-state index in [1.165, 1.54) is 141 Å². The largest absolute Gasteiger partial charge is 0.756 e. The second-order valence-electron chi connectivity index (χ2n) is 16.4. The topological polar surface area (TPSA) is 108 Å². The zero-order chi connectivity index (χ0) is 39.3. The van der Waals surface area contributed by atoms with E-state index < -0.39 is 20.0 Å². The van der Waals surface area contributed by atoms with Gasteiger partial charge in [0.25, 0.3) is 7.82 Å². The molecule has 0 aliphatic heterocycles. The summed E-state index contributed by atoms with van der Waals surface area (Å²) in [5.74, 6) is -0.206.